The number of benzene rings is 2. The Bertz CT molecular complexity index is 737. The second-order valence-electron chi connectivity index (χ2n) is 3.98. The van der Waals surface area contributed by atoms with Gasteiger partial charge in [0.15, 0.2) is 0 Å². The number of rotatable bonds is 3. The van der Waals surface area contributed by atoms with Crippen molar-refractivity contribution in [2.24, 2.45) is 0 Å². The second-order valence-corrected chi connectivity index (χ2v) is 5.62. The van der Waals surface area contributed by atoms with Crippen LogP contribution in [0.15, 0.2) is 45.3 Å². The number of nitro benzene ring substituents is 1. The van der Waals surface area contributed by atoms with Crippen LogP contribution in [0.3, 0.4) is 0 Å². The first kappa shape index (κ1) is 15.6. The third kappa shape index (κ3) is 3.45. The lowest BCUT2D eigenvalue weighted by atomic mass is 10.2. The van der Waals surface area contributed by atoms with Crippen molar-refractivity contribution in [1.82, 2.24) is 0 Å². The SMILES string of the molecule is O=C(Nc1ccc([N+](=O)[O-])cc1Br)c1cccc(F)c1Br. The highest BCUT2D eigenvalue weighted by molar-refractivity contribution is 9.11. The van der Waals surface area contributed by atoms with Crippen LogP contribution in [0.1, 0.15) is 10.4 Å². The fourth-order valence-electron chi connectivity index (χ4n) is 1.59. The molecule has 5 nitrogen and oxygen atoms in total. The monoisotopic (exact) mass is 416 g/mol. The van der Waals surface area contributed by atoms with Crippen molar-refractivity contribution < 1.29 is 14.1 Å². The third-order valence-electron chi connectivity index (χ3n) is 2.61. The minimum Gasteiger partial charge on any atom is -0.321 e. The molecule has 2 aromatic rings. The van der Waals surface area contributed by atoms with Gasteiger partial charge in [0.2, 0.25) is 0 Å². The van der Waals surface area contributed by atoms with Gasteiger partial charge in [-0.2, -0.15) is 0 Å². The number of halogens is 3. The van der Waals surface area contributed by atoms with Crippen LogP contribution in [0, 0.1) is 15.9 Å². The van der Waals surface area contributed by atoms with Crippen molar-refractivity contribution >= 4 is 49.1 Å². The molecule has 0 aliphatic rings. The maximum atomic E-state index is 13.4. The van der Waals surface area contributed by atoms with Crippen LogP contribution >= 0.6 is 31.9 Å². The average molecular weight is 418 g/mol. The molecule has 0 unspecified atom stereocenters. The first-order valence-corrected chi connectivity index (χ1v) is 7.18. The lowest BCUT2D eigenvalue weighted by molar-refractivity contribution is -0.384. The summed E-state index contributed by atoms with van der Waals surface area (Å²) in [7, 11) is 0. The van der Waals surface area contributed by atoms with Crippen LogP contribution in [-0.4, -0.2) is 10.8 Å². The quantitative estimate of drug-likeness (QED) is 0.589. The number of hydrogen-bond acceptors (Lipinski definition) is 3. The first-order valence-electron chi connectivity index (χ1n) is 5.59. The molecule has 8 heteroatoms. The summed E-state index contributed by atoms with van der Waals surface area (Å²) in [6.07, 6.45) is 0. The molecule has 0 atom stereocenters. The van der Waals surface area contributed by atoms with E-state index in [2.05, 4.69) is 37.2 Å². The predicted octanol–water partition coefficient (Wildman–Crippen LogP) is 4.51. The summed E-state index contributed by atoms with van der Waals surface area (Å²) in [6, 6.07) is 8.04. The van der Waals surface area contributed by atoms with Crippen molar-refractivity contribution in [3.63, 3.8) is 0 Å². The van der Waals surface area contributed by atoms with E-state index in [1.54, 1.807) is 0 Å². The van der Waals surface area contributed by atoms with E-state index in [1.165, 1.54) is 36.4 Å². The Morgan fingerprint density at radius 2 is 1.95 bits per heavy atom. The molecule has 0 saturated heterocycles. The number of anilines is 1. The minimum absolute atomic E-state index is 0.0561. The van der Waals surface area contributed by atoms with Gasteiger partial charge < -0.3 is 5.32 Å². The molecular formula is C13H7Br2FN2O3. The molecule has 0 fully saturated rings. The van der Waals surface area contributed by atoms with Crippen LogP contribution in [0.2, 0.25) is 0 Å². The van der Waals surface area contributed by atoms with Crippen molar-refractivity contribution in [2.45, 2.75) is 0 Å². The summed E-state index contributed by atoms with van der Waals surface area (Å²) in [4.78, 5) is 22.2. The summed E-state index contributed by atoms with van der Waals surface area (Å²) in [6.45, 7) is 0. The number of nitrogens with zero attached hydrogens (tertiary/aromatic N) is 1. The normalized spacial score (nSPS) is 10.2. The fourth-order valence-corrected chi connectivity index (χ4v) is 2.50. The van der Waals surface area contributed by atoms with Crippen LogP contribution in [0.25, 0.3) is 0 Å². The molecule has 0 aliphatic carbocycles. The number of hydrogen-bond donors (Lipinski definition) is 1. The van der Waals surface area contributed by atoms with Gasteiger partial charge in [0.25, 0.3) is 11.6 Å². The number of non-ortho nitro benzene ring substituents is 1. The number of amides is 1. The average Bonchev–Trinajstić information content (AvgIpc) is 2.43. The Labute approximate surface area is 135 Å². The third-order valence-corrected chi connectivity index (χ3v) is 4.07. The van der Waals surface area contributed by atoms with Crippen molar-refractivity contribution in [3.05, 3.63) is 66.8 Å². The molecule has 2 aromatic carbocycles. The van der Waals surface area contributed by atoms with Gasteiger partial charge in [0, 0.05) is 16.6 Å². The lowest BCUT2D eigenvalue weighted by Crippen LogP contribution is -2.13. The van der Waals surface area contributed by atoms with Gasteiger partial charge in [0.1, 0.15) is 5.82 Å². The summed E-state index contributed by atoms with van der Waals surface area (Å²) in [5.74, 6) is -1.08. The number of carbonyl (C=O) groups excluding carboxylic acids is 1. The Morgan fingerprint density at radius 1 is 1.24 bits per heavy atom. The van der Waals surface area contributed by atoms with E-state index in [1.807, 2.05) is 0 Å². The topological polar surface area (TPSA) is 72.2 Å². The van der Waals surface area contributed by atoms with E-state index in [0.717, 1.165) is 0 Å². The molecular weight excluding hydrogens is 411 g/mol. The molecule has 21 heavy (non-hydrogen) atoms. The van der Waals surface area contributed by atoms with Gasteiger partial charge >= 0.3 is 0 Å². The number of nitro groups is 1. The highest BCUT2D eigenvalue weighted by Crippen LogP contribution is 2.28. The first-order chi connectivity index (χ1) is 9.90. The Balaban J connectivity index is 2.28. The van der Waals surface area contributed by atoms with Crippen molar-refractivity contribution in [2.75, 3.05) is 5.32 Å². The second kappa shape index (κ2) is 6.31. The van der Waals surface area contributed by atoms with Gasteiger partial charge in [-0.15, -0.1) is 0 Å². The fraction of sp³-hybridized carbons (Fsp3) is 0. The molecule has 0 radical (unpaired) electrons. The van der Waals surface area contributed by atoms with E-state index in [0.29, 0.717) is 10.2 Å². The largest absolute Gasteiger partial charge is 0.321 e. The van der Waals surface area contributed by atoms with Gasteiger partial charge in [0.05, 0.1) is 20.6 Å². The highest BCUT2D eigenvalue weighted by atomic mass is 79.9. The smallest absolute Gasteiger partial charge is 0.270 e. The molecule has 1 N–H and O–H groups in total. The summed E-state index contributed by atoms with van der Waals surface area (Å²) >= 11 is 6.15. The van der Waals surface area contributed by atoms with Crippen LogP contribution < -0.4 is 5.32 Å². The number of nitrogens with one attached hydrogen (secondary N) is 1. The molecule has 0 heterocycles. The Hall–Kier alpha value is -1.80. The van der Waals surface area contributed by atoms with Crippen molar-refractivity contribution in [3.8, 4) is 0 Å². The Kier molecular flexibility index (Phi) is 4.69. The molecule has 0 saturated carbocycles. The van der Waals surface area contributed by atoms with Gasteiger partial charge in [-0.25, -0.2) is 4.39 Å². The summed E-state index contributed by atoms with van der Waals surface area (Å²) in [5.41, 5.74) is 0.369. The molecule has 0 aromatic heterocycles. The van der Waals surface area contributed by atoms with E-state index in [9.17, 15) is 19.3 Å². The minimum atomic E-state index is -0.551. The molecule has 2 rings (SSSR count). The molecule has 0 bridgehead atoms. The van der Waals surface area contributed by atoms with E-state index in [4.69, 9.17) is 0 Å². The van der Waals surface area contributed by atoms with E-state index in [-0.39, 0.29) is 15.7 Å². The van der Waals surface area contributed by atoms with Crippen molar-refractivity contribution in [1.29, 1.82) is 0 Å². The van der Waals surface area contributed by atoms with E-state index < -0.39 is 16.6 Å². The zero-order valence-electron chi connectivity index (χ0n) is 10.3. The van der Waals surface area contributed by atoms with Crippen LogP contribution in [-0.2, 0) is 0 Å². The summed E-state index contributed by atoms with van der Waals surface area (Å²) < 4.78 is 13.8. The maximum Gasteiger partial charge on any atom is 0.270 e. The van der Waals surface area contributed by atoms with Gasteiger partial charge in [-0.3, -0.25) is 14.9 Å². The summed E-state index contributed by atoms with van der Waals surface area (Å²) in [5, 5.41) is 13.2. The predicted molar refractivity (Wildman–Crippen MR) is 82.8 cm³/mol. The van der Waals surface area contributed by atoms with Gasteiger partial charge in [-0.1, -0.05) is 6.07 Å². The van der Waals surface area contributed by atoms with Crippen LogP contribution in [0.5, 0.6) is 0 Å². The van der Waals surface area contributed by atoms with Crippen LogP contribution in [0.4, 0.5) is 15.8 Å². The van der Waals surface area contributed by atoms with E-state index >= 15 is 0 Å². The zero-order chi connectivity index (χ0) is 15.6. The Morgan fingerprint density at radius 3 is 2.57 bits per heavy atom. The van der Waals surface area contributed by atoms with Gasteiger partial charge in [-0.05, 0) is 50.1 Å². The molecule has 0 aliphatic heterocycles. The lowest BCUT2D eigenvalue weighted by Gasteiger charge is -2.09. The highest BCUT2D eigenvalue weighted by Gasteiger charge is 2.15. The zero-order valence-corrected chi connectivity index (χ0v) is 13.4. The molecule has 0 spiro atoms. The standard InChI is InChI=1S/C13H7Br2FN2O3/c14-9-6-7(18(20)21)4-5-11(9)17-13(19)8-2-1-3-10(16)12(8)15/h1-6H,(H,17,19). The maximum absolute atomic E-state index is 13.4. The number of carbonyl (C=O) groups is 1. The molecule has 108 valence electrons. The molecule has 1 amide bonds.